The topological polar surface area (TPSA) is 21.3 Å². The quantitative estimate of drug-likeness (QED) is 0.639. The van der Waals surface area contributed by atoms with Gasteiger partial charge < -0.3 is 10.1 Å². The van der Waals surface area contributed by atoms with Crippen LogP contribution in [0.25, 0.3) is 0 Å². The number of benzene rings is 1. The highest BCUT2D eigenvalue weighted by Gasteiger charge is 2.34. The van der Waals surface area contributed by atoms with Crippen LogP contribution in [-0.2, 0) is 10.9 Å². The van der Waals surface area contributed by atoms with Crippen LogP contribution in [0.15, 0.2) is 18.2 Å². The van der Waals surface area contributed by atoms with Gasteiger partial charge in [0.15, 0.2) is 0 Å². The van der Waals surface area contributed by atoms with E-state index in [9.17, 15) is 17.6 Å². The van der Waals surface area contributed by atoms with Crippen LogP contribution in [0.3, 0.4) is 0 Å². The summed E-state index contributed by atoms with van der Waals surface area (Å²) in [6.45, 7) is 4.80. The number of ether oxygens (including phenoxy) is 1. The van der Waals surface area contributed by atoms with Gasteiger partial charge in [-0.2, -0.15) is 13.2 Å². The fourth-order valence-corrected chi connectivity index (χ4v) is 1.90. The molecule has 0 aliphatic heterocycles. The van der Waals surface area contributed by atoms with Crippen molar-refractivity contribution in [1.29, 1.82) is 0 Å². The standard InChI is InChI=1S/C14H19F4NO/c1-9(10(2)19-6-7-20-3)11-4-5-13(15)12(8-11)14(16,17)18/h4-5,8-10,19H,6-7H2,1-3H3. The number of rotatable bonds is 6. The van der Waals surface area contributed by atoms with Crippen LogP contribution >= 0.6 is 0 Å². The van der Waals surface area contributed by atoms with E-state index >= 15 is 0 Å². The first-order valence-electron chi connectivity index (χ1n) is 6.36. The van der Waals surface area contributed by atoms with E-state index in [2.05, 4.69) is 5.32 Å². The second-order valence-corrected chi connectivity index (χ2v) is 4.76. The Labute approximate surface area is 116 Å². The number of nitrogens with one attached hydrogen (secondary N) is 1. The lowest BCUT2D eigenvalue weighted by Crippen LogP contribution is -2.33. The van der Waals surface area contributed by atoms with Crippen molar-refractivity contribution in [2.45, 2.75) is 32.0 Å². The summed E-state index contributed by atoms with van der Waals surface area (Å²) in [7, 11) is 1.57. The van der Waals surface area contributed by atoms with Gasteiger partial charge in [-0.1, -0.05) is 13.0 Å². The molecule has 0 spiro atoms. The molecule has 0 amide bonds. The molecular weight excluding hydrogens is 274 g/mol. The maximum absolute atomic E-state index is 13.2. The maximum atomic E-state index is 13.2. The van der Waals surface area contributed by atoms with Gasteiger partial charge in [0.2, 0.25) is 0 Å². The van der Waals surface area contributed by atoms with Gasteiger partial charge in [-0.15, -0.1) is 0 Å². The molecule has 1 rings (SSSR count). The van der Waals surface area contributed by atoms with Crippen molar-refractivity contribution >= 4 is 0 Å². The maximum Gasteiger partial charge on any atom is 0.419 e. The van der Waals surface area contributed by atoms with Gasteiger partial charge in [0.05, 0.1) is 12.2 Å². The van der Waals surface area contributed by atoms with Gasteiger partial charge in [-0.05, 0) is 30.5 Å². The van der Waals surface area contributed by atoms with Crippen LogP contribution < -0.4 is 5.32 Å². The van der Waals surface area contributed by atoms with E-state index in [0.29, 0.717) is 18.7 Å². The van der Waals surface area contributed by atoms with Crippen molar-refractivity contribution in [2.75, 3.05) is 20.3 Å². The number of halogens is 4. The van der Waals surface area contributed by atoms with E-state index in [-0.39, 0.29) is 12.0 Å². The molecule has 1 N–H and O–H groups in total. The van der Waals surface area contributed by atoms with Crippen LogP contribution in [-0.4, -0.2) is 26.3 Å². The van der Waals surface area contributed by atoms with Gasteiger partial charge in [0, 0.05) is 19.7 Å². The Morgan fingerprint density at radius 1 is 1.25 bits per heavy atom. The average molecular weight is 293 g/mol. The van der Waals surface area contributed by atoms with Crippen LogP contribution in [0.1, 0.15) is 30.9 Å². The third-order valence-corrected chi connectivity index (χ3v) is 3.34. The van der Waals surface area contributed by atoms with Crippen molar-refractivity contribution in [3.05, 3.63) is 35.1 Å². The second kappa shape index (κ2) is 7.04. The normalized spacial score (nSPS) is 15.2. The second-order valence-electron chi connectivity index (χ2n) is 4.76. The van der Waals surface area contributed by atoms with Crippen molar-refractivity contribution < 1.29 is 22.3 Å². The Bertz CT molecular complexity index is 434. The molecular formula is C14H19F4NO. The molecule has 0 fully saturated rings. The zero-order chi connectivity index (χ0) is 15.3. The molecule has 0 aliphatic carbocycles. The van der Waals surface area contributed by atoms with Gasteiger partial charge >= 0.3 is 6.18 Å². The van der Waals surface area contributed by atoms with E-state index in [1.165, 1.54) is 6.07 Å². The van der Waals surface area contributed by atoms with Crippen LogP contribution in [0.5, 0.6) is 0 Å². The minimum atomic E-state index is -4.67. The lowest BCUT2D eigenvalue weighted by molar-refractivity contribution is -0.140. The van der Waals surface area contributed by atoms with Crippen molar-refractivity contribution in [2.24, 2.45) is 0 Å². The summed E-state index contributed by atoms with van der Waals surface area (Å²) < 4.78 is 56.1. The lowest BCUT2D eigenvalue weighted by atomic mass is 9.93. The highest BCUT2D eigenvalue weighted by molar-refractivity contribution is 5.30. The van der Waals surface area contributed by atoms with E-state index in [4.69, 9.17) is 4.74 Å². The summed E-state index contributed by atoms with van der Waals surface area (Å²) >= 11 is 0. The molecule has 0 bridgehead atoms. The molecule has 6 heteroatoms. The Hall–Kier alpha value is -1.14. The zero-order valence-electron chi connectivity index (χ0n) is 11.7. The number of hydrogen-bond donors (Lipinski definition) is 1. The first kappa shape index (κ1) is 16.9. The first-order chi connectivity index (χ1) is 9.27. The number of methoxy groups -OCH3 is 1. The minimum Gasteiger partial charge on any atom is -0.383 e. The highest BCUT2D eigenvalue weighted by atomic mass is 19.4. The van der Waals surface area contributed by atoms with Gasteiger partial charge in [-0.25, -0.2) is 4.39 Å². The Morgan fingerprint density at radius 2 is 1.90 bits per heavy atom. The molecule has 0 aromatic heterocycles. The van der Waals surface area contributed by atoms with Crippen LogP contribution in [0.4, 0.5) is 17.6 Å². The summed E-state index contributed by atoms with van der Waals surface area (Å²) in [5, 5.41) is 3.15. The number of hydrogen-bond acceptors (Lipinski definition) is 2. The van der Waals surface area contributed by atoms with Crippen molar-refractivity contribution in [1.82, 2.24) is 5.32 Å². The third kappa shape index (κ3) is 4.45. The van der Waals surface area contributed by atoms with E-state index in [0.717, 1.165) is 12.1 Å². The first-order valence-corrected chi connectivity index (χ1v) is 6.36. The Kier molecular flexibility index (Phi) is 5.95. The van der Waals surface area contributed by atoms with E-state index in [1.807, 2.05) is 6.92 Å². The molecule has 2 unspecified atom stereocenters. The predicted octanol–water partition coefficient (Wildman–Crippen LogP) is 3.57. The molecule has 114 valence electrons. The zero-order valence-corrected chi connectivity index (χ0v) is 11.7. The highest BCUT2D eigenvalue weighted by Crippen LogP contribution is 2.33. The molecule has 1 aromatic rings. The summed E-state index contributed by atoms with van der Waals surface area (Å²) in [4.78, 5) is 0. The summed E-state index contributed by atoms with van der Waals surface area (Å²) in [6.07, 6.45) is -4.67. The Morgan fingerprint density at radius 3 is 2.45 bits per heavy atom. The predicted molar refractivity (Wildman–Crippen MR) is 69.2 cm³/mol. The largest absolute Gasteiger partial charge is 0.419 e. The molecule has 2 atom stereocenters. The van der Waals surface area contributed by atoms with Crippen LogP contribution in [0.2, 0.25) is 0 Å². The Balaban J connectivity index is 2.85. The molecule has 0 saturated carbocycles. The van der Waals surface area contributed by atoms with E-state index in [1.54, 1.807) is 14.0 Å². The molecule has 0 heterocycles. The van der Waals surface area contributed by atoms with Crippen molar-refractivity contribution in [3.8, 4) is 0 Å². The number of alkyl halides is 3. The lowest BCUT2D eigenvalue weighted by Gasteiger charge is -2.22. The molecule has 0 radical (unpaired) electrons. The van der Waals surface area contributed by atoms with Crippen molar-refractivity contribution in [3.63, 3.8) is 0 Å². The summed E-state index contributed by atoms with van der Waals surface area (Å²) in [5.74, 6) is -1.41. The molecule has 2 nitrogen and oxygen atoms in total. The third-order valence-electron chi connectivity index (χ3n) is 3.34. The molecule has 0 aliphatic rings. The molecule has 20 heavy (non-hydrogen) atoms. The molecule has 1 aromatic carbocycles. The molecule has 0 saturated heterocycles. The van der Waals surface area contributed by atoms with Gasteiger partial charge in [0.25, 0.3) is 0 Å². The smallest absolute Gasteiger partial charge is 0.383 e. The monoisotopic (exact) mass is 293 g/mol. The summed E-state index contributed by atoms with van der Waals surface area (Å²) in [6, 6.07) is 3.10. The van der Waals surface area contributed by atoms with Gasteiger partial charge in [-0.3, -0.25) is 0 Å². The minimum absolute atomic E-state index is 0.0447. The summed E-state index contributed by atoms with van der Waals surface area (Å²) in [5.41, 5.74) is -0.762. The fourth-order valence-electron chi connectivity index (χ4n) is 1.90. The van der Waals surface area contributed by atoms with Gasteiger partial charge in [0.1, 0.15) is 5.82 Å². The van der Waals surface area contributed by atoms with Crippen LogP contribution in [0, 0.1) is 5.82 Å². The SMILES string of the molecule is COCCNC(C)C(C)c1ccc(F)c(C(F)(F)F)c1. The van der Waals surface area contributed by atoms with E-state index < -0.39 is 17.6 Å². The average Bonchev–Trinajstić information content (AvgIpc) is 2.37. The fraction of sp³-hybridized carbons (Fsp3) is 0.571.